The van der Waals surface area contributed by atoms with E-state index >= 15 is 0 Å². The molecule has 0 heterocycles. The standard InChI is InChI=1S/C11H16ClNO/c1-6-5-8(12)10(14)9(7(6)2)11(3,4)13/h5,14H,13H2,1-4H3. The van der Waals surface area contributed by atoms with Crippen LogP contribution in [0.3, 0.4) is 0 Å². The number of phenols is 1. The highest BCUT2D eigenvalue weighted by molar-refractivity contribution is 6.32. The Morgan fingerprint density at radius 2 is 1.86 bits per heavy atom. The molecule has 0 saturated heterocycles. The molecule has 1 aromatic rings. The lowest BCUT2D eigenvalue weighted by Gasteiger charge is -2.24. The van der Waals surface area contributed by atoms with Gasteiger partial charge in [-0.1, -0.05) is 11.6 Å². The van der Waals surface area contributed by atoms with Crippen LogP contribution in [0.15, 0.2) is 6.07 Å². The highest BCUT2D eigenvalue weighted by Gasteiger charge is 2.23. The van der Waals surface area contributed by atoms with Gasteiger partial charge in [-0.25, -0.2) is 0 Å². The van der Waals surface area contributed by atoms with Crippen molar-refractivity contribution in [1.82, 2.24) is 0 Å². The lowest BCUT2D eigenvalue weighted by Crippen LogP contribution is -2.30. The molecule has 0 bridgehead atoms. The molecule has 0 aliphatic heterocycles. The van der Waals surface area contributed by atoms with Crippen LogP contribution in [0, 0.1) is 13.8 Å². The summed E-state index contributed by atoms with van der Waals surface area (Å²) in [6.07, 6.45) is 0. The zero-order valence-electron chi connectivity index (χ0n) is 8.98. The quantitative estimate of drug-likeness (QED) is 0.754. The first-order valence-electron chi connectivity index (χ1n) is 4.53. The molecule has 0 amide bonds. The smallest absolute Gasteiger partial charge is 0.139 e. The minimum absolute atomic E-state index is 0.0993. The Hall–Kier alpha value is -0.730. The summed E-state index contributed by atoms with van der Waals surface area (Å²) in [4.78, 5) is 0. The van der Waals surface area contributed by atoms with Crippen molar-refractivity contribution in [1.29, 1.82) is 0 Å². The van der Waals surface area contributed by atoms with E-state index in [0.717, 1.165) is 16.7 Å². The molecule has 3 N–H and O–H groups in total. The first kappa shape index (κ1) is 11.3. The van der Waals surface area contributed by atoms with Crippen molar-refractivity contribution >= 4 is 11.6 Å². The zero-order valence-corrected chi connectivity index (χ0v) is 9.74. The molecule has 14 heavy (non-hydrogen) atoms. The van der Waals surface area contributed by atoms with Crippen molar-refractivity contribution in [2.75, 3.05) is 0 Å². The van der Waals surface area contributed by atoms with Crippen LogP contribution < -0.4 is 5.73 Å². The number of rotatable bonds is 1. The van der Waals surface area contributed by atoms with Crippen molar-refractivity contribution in [3.8, 4) is 5.75 Å². The maximum Gasteiger partial charge on any atom is 0.139 e. The number of hydrogen-bond acceptors (Lipinski definition) is 2. The van der Waals surface area contributed by atoms with Gasteiger partial charge < -0.3 is 10.8 Å². The molecule has 0 spiro atoms. The molecule has 0 saturated carbocycles. The summed E-state index contributed by atoms with van der Waals surface area (Å²) in [5, 5.41) is 10.2. The molecule has 78 valence electrons. The van der Waals surface area contributed by atoms with Crippen molar-refractivity contribution < 1.29 is 5.11 Å². The lowest BCUT2D eigenvalue weighted by molar-refractivity contribution is 0.438. The summed E-state index contributed by atoms with van der Waals surface area (Å²) in [5.74, 6) is 0.0993. The molecule has 1 aromatic carbocycles. The molecule has 1 rings (SSSR count). The first-order valence-corrected chi connectivity index (χ1v) is 4.91. The van der Waals surface area contributed by atoms with Gasteiger partial charge in [-0.3, -0.25) is 0 Å². The van der Waals surface area contributed by atoms with E-state index in [-0.39, 0.29) is 5.75 Å². The van der Waals surface area contributed by atoms with Crippen LogP contribution in [0.2, 0.25) is 5.02 Å². The Labute approximate surface area is 89.7 Å². The predicted octanol–water partition coefficient (Wildman–Crippen LogP) is 2.86. The second kappa shape index (κ2) is 3.44. The van der Waals surface area contributed by atoms with Gasteiger partial charge in [0.2, 0.25) is 0 Å². The van der Waals surface area contributed by atoms with E-state index < -0.39 is 5.54 Å². The van der Waals surface area contributed by atoms with Gasteiger partial charge in [0.15, 0.2) is 0 Å². The Bertz CT molecular complexity index is 340. The Balaban J connectivity index is 3.56. The summed E-state index contributed by atoms with van der Waals surface area (Å²) in [6, 6.07) is 1.75. The average molecular weight is 214 g/mol. The number of nitrogens with two attached hydrogens (primary N) is 1. The van der Waals surface area contributed by atoms with Crippen molar-refractivity contribution in [2.45, 2.75) is 33.2 Å². The van der Waals surface area contributed by atoms with E-state index in [2.05, 4.69) is 0 Å². The summed E-state index contributed by atoms with van der Waals surface area (Å²) >= 11 is 5.89. The van der Waals surface area contributed by atoms with Crippen LogP contribution in [0.4, 0.5) is 0 Å². The van der Waals surface area contributed by atoms with Crippen LogP contribution in [0.5, 0.6) is 5.75 Å². The third-order valence-corrected chi connectivity index (χ3v) is 2.71. The maximum atomic E-state index is 9.83. The molecule has 0 unspecified atom stereocenters. The minimum Gasteiger partial charge on any atom is -0.506 e. The van der Waals surface area contributed by atoms with Crippen molar-refractivity contribution in [3.05, 3.63) is 27.8 Å². The summed E-state index contributed by atoms with van der Waals surface area (Å²) in [5.41, 5.74) is 8.16. The molecular formula is C11H16ClNO. The van der Waals surface area contributed by atoms with E-state index in [4.69, 9.17) is 17.3 Å². The number of benzene rings is 1. The van der Waals surface area contributed by atoms with E-state index in [1.807, 2.05) is 27.7 Å². The second-order valence-corrected chi connectivity index (χ2v) is 4.65. The molecule has 0 aliphatic rings. The monoisotopic (exact) mass is 213 g/mol. The van der Waals surface area contributed by atoms with Crippen LogP contribution in [0.1, 0.15) is 30.5 Å². The van der Waals surface area contributed by atoms with Gasteiger partial charge in [0.25, 0.3) is 0 Å². The second-order valence-electron chi connectivity index (χ2n) is 4.25. The lowest BCUT2D eigenvalue weighted by atomic mass is 9.88. The summed E-state index contributed by atoms with van der Waals surface area (Å²) < 4.78 is 0. The summed E-state index contributed by atoms with van der Waals surface area (Å²) in [7, 11) is 0. The van der Waals surface area contributed by atoms with Gasteiger partial charge in [0.1, 0.15) is 5.75 Å². The zero-order chi connectivity index (χ0) is 11.1. The van der Waals surface area contributed by atoms with Gasteiger partial charge in [0, 0.05) is 11.1 Å². The number of halogens is 1. The molecule has 0 aliphatic carbocycles. The fraction of sp³-hybridized carbons (Fsp3) is 0.455. The Morgan fingerprint density at radius 3 is 2.29 bits per heavy atom. The van der Waals surface area contributed by atoms with Crippen LogP contribution >= 0.6 is 11.6 Å². The maximum absolute atomic E-state index is 9.83. The molecule has 0 atom stereocenters. The molecule has 0 radical (unpaired) electrons. The third-order valence-electron chi connectivity index (χ3n) is 2.42. The van der Waals surface area contributed by atoms with Gasteiger partial charge in [-0.05, 0) is 44.9 Å². The van der Waals surface area contributed by atoms with Crippen LogP contribution in [0.25, 0.3) is 0 Å². The predicted molar refractivity (Wildman–Crippen MR) is 59.8 cm³/mol. The van der Waals surface area contributed by atoms with E-state index in [0.29, 0.717) is 5.02 Å². The average Bonchev–Trinajstić information content (AvgIpc) is 1.98. The molecule has 0 aromatic heterocycles. The Morgan fingerprint density at radius 1 is 1.36 bits per heavy atom. The SMILES string of the molecule is Cc1cc(Cl)c(O)c(C(C)(C)N)c1C. The highest BCUT2D eigenvalue weighted by atomic mass is 35.5. The largest absolute Gasteiger partial charge is 0.506 e. The van der Waals surface area contributed by atoms with Gasteiger partial charge in [0.05, 0.1) is 5.02 Å². The third kappa shape index (κ3) is 1.86. The van der Waals surface area contributed by atoms with Crippen LogP contribution in [-0.4, -0.2) is 5.11 Å². The molecule has 2 nitrogen and oxygen atoms in total. The topological polar surface area (TPSA) is 46.2 Å². The summed E-state index contributed by atoms with van der Waals surface area (Å²) in [6.45, 7) is 7.60. The molecule has 3 heteroatoms. The number of hydrogen-bond donors (Lipinski definition) is 2. The molecular weight excluding hydrogens is 198 g/mol. The van der Waals surface area contributed by atoms with Crippen molar-refractivity contribution in [2.24, 2.45) is 5.73 Å². The Kier molecular flexibility index (Phi) is 2.79. The molecule has 0 fully saturated rings. The number of aryl methyl sites for hydroxylation is 1. The number of phenolic OH excluding ortho intramolecular Hbond substituents is 1. The van der Waals surface area contributed by atoms with E-state index in [1.54, 1.807) is 6.07 Å². The normalized spacial score (nSPS) is 11.9. The van der Waals surface area contributed by atoms with Crippen LogP contribution in [-0.2, 0) is 5.54 Å². The fourth-order valence-corrected chi connectivity index (χ4v) is 1.91. The van der Waals surface area contributed by atoms with Gasteiger partial charge >= 0.3 is 0 Å². The van der Waals surface area contributed by atoms with E-state index in [9.17, 15) is 5.11 Å². The van der Waals surface area contributed by atoms with Gasteiger partial charge in [-0.2, -0.15) is 0 Å². The van der Waals surface area contributed by atoms with E-state index in [1.165, 1.54) is 0 Å². The fourth-order valence-electron chi connectivity index (χ4n) is 1.65. The number of aromatic hydroxyl groups is 1. The van der Waals surface area contributed by atoms with Gasteiger partial charge in [-0.15, -0.1) is 0 Å². The minimum atomic E-state index is -0.580. The first-order chi connectivity index (χ1) is 6.25. The highest BCUT2D eigenvalue weighted by Crippen LogP contribution is 2.37. The van der Waals surface area contributed by atoms with Crippen molar-refractivity contribution in [3.63, 3.8) is 0 Å².